The van der Waals surface area contributed by atoms with Crippen LogP contribution in [0.5, 0.6) is 0 Å². The predicted octanol–water partition coefficient (Wildman–Crippen LogP) is 2.01. The van der Waals surface area contributed by atoms with Crippen LogP contribution in [-0.2, 0) is 4.79 Å². The molecule has 114 valence electrons. The number of anilines is 2. The van der Waals surface area contributed by atoms with Gasteiger partial charge in [0.1, 0.15) is 5.82 Å². The van der Waals surface area contributed by atoms with E-state index < -0.39 is 0 Å². The van der Waals surface area contributed by atoms with E-state index in [1.165, 1.54) is 19.3 Å². The van der Waals surface area contributed by atoms with Gasteiger partial charge in [-0.25, -0.2) is 4.98 Å². The second-order valence-electron chi connectivity index (χ2n) is 5.99. The number of hydrogen-bond donors (Lipinski definition) is 2. The number of nitrogens with one attached hydrogen (secondary N) is 2. The van der Waals surface area contributed by atoms with E-state index in [1.807, 2.05) is 12.1 Å². The highest BCUT2D eigenvalue weighted by atomic mass is 16.1. The molecule has 3 rings (SSSR count). The Morgan fingerprint density at radius 3 is 2.76 bits per heavy atom. The van der Waals surface area contributed by atoms with Gasteiger partial charge in [0.25, 0.3) is 0 Å². The molecule has 2 aliphatic rings. The highest BCUT2D eigenvalue weighted by Crippen LogP contribution is 2.20. The van der Waals surface area contributed by atoms with Crippen molar-refractivity contribution in [2.75, 3.05) is 36.4 Å². The number of piperidine rings is 2. The zero-order chi connectivity index (χ0) is 14.5. The first-order valence-corrected chi connectivity index (χ1v) is 8.05. The fourth-order valence-electron chi connectivity index (χ4n) is 3.09. The fourth-order valence-corrected chi connectivity index (χ4v) is 3.09. The molecule has 1 aromatic heterocycles. The topological polar surface area (TPSA) is 57.3 Å². The first-order chi connectivity index (χ1) is 10.3. The Morgan fingerprint density at radius 2 is 2.10 bits per heavy atom. The van der Waals surface area contributed by atoms with E-state index in [4.69, 9.17) is 0 Å². The van der Waals surface area contributed by atoms with Crippen molar-refractivity contribution in [3.63, 3.8) is 0 Å². The predicted molar refractivity (Wildman–Crippen MR) is 84.5 cm³/mol. The molecule has 5 nitrogen and oxygen atoms in total. The van der Waals surface area contributed by atoms with Crippen LogP contribution in [0.25, 0.3) is 0 Å². The van der Waals surface area contributed by atoms with Crippen molar-refractivity contribution < 1.29 is 4.79 Å². The highest BCUT2D eigenvalue weighted by Gasteiger charge is 2.21. The zero-order valence-corrected chi connectivity index (χ0v) is 12.5. The minimum Gasteiger partial charge on any atom is -0.357 e. The lowest BCUT2D eigenvalue weighted by molar-refractivity contribution is -0.120. The normalized spacial score (nSPS) is 22.9. The molecule has 5 heteroatoms. The minimum absolute atomic E-state index is 0.0838. The zero-order valence-electron chi connectivity index (χ0n) is 12.5. The largest absolute Gasteiger partial charge is 0.357 e. The van der Waals surface area contributed by atoms with Crippen LogP contribution in [0.4, 0.5) is 11.5 Å². The lowest BCUT2D eigenvalue weighted by atomic mass is 9.99. The molecular weight excluding hydrogens is 264 g/mol. The second kappa shape index (κ2) is 6.89. The Hall–Kier alpha value is -1.62. The Morgan fingerprint density at radius 1 is 1.24 bits per heavy atom. The van der Waals surface area contributed by atoms with Gasteiger partial charge >= 0.3 is 0 Å². The van der Waals surface area contributed by atoms with Gasteiger partial charge < -0.3 is 15.5 Å². The van der Waals surface area contributed by atoms with Gasteiger partial charge in [-0.3, -0.25) is 4.79 Å². The quantitative estimate of drug-likeness (QED) is 0.893. The number of rotatable bonds is 3. The maximum absolute atomic E-state index is 12.2. The summed E-state index contributed by atoms with van der Waals surface area (Å²) in [5.41, 5.74) is 0.798. The Kier molecular flexibility index (Phi) is 4.70. The Balaban J connectivity index is 1.57. The fraction of sp³-hybridized carbons (Fsp3) is 0.625. The molecule has 0 aliphatic carbocycles. The summed E-state index contributed by atoms with van der Waals surface area (Å²) in [6, 6.07) is 3.98. The van der Waals surface area contributed by atoms with Crippen molar-refractivity contribution in [1.29, 1.82) is 0 Å². The first-order valence-electron chi connectivity index (χ1n) is 8.05. The summed E-state index contributed by atoms with van der Waals surface area (Å²) in [5, 5.41) is 6.25. The Labute approximate surface area is 126 Å². The van der Waals surface area contributed by atoms with Crippen LogP contribution in [0.1, 0.15) is 32.1 Å². The minimum atomic E-state index is 0.0838. The number of hydrogen-bond acceptors (Lipinski definition) is 4. The molecule has 0 radical (unpaired) electrons. The van der Waals surface area contributed by atoms with E-state index in [-0.39, 0.29) is 11.8 Å². The molecule has 0 bridgehead atoms. The van der Waals surface area contributed by atoms with Gasteiger partial charge in [-0.2, -0.15) is 0 Å². The van der Waals surface area contributed by atoms with Gasteiger partial charge in [-0.15, -0.1) is 0 Å². The summed E-state index contributed by atoms with van der Waals surface area (Å²) in [6.07, 6.45) is 7.63. The smallest absolute Gasteiger partial charge is 0.228 e. The lowest BCUT2D eigenvalue weighted by Gasteiger charge is -2.27. The van der Waals surface area contributed by atoms with Crippen molar-refractivity contribution in [2.24, 2.45) is 5.92 Å². The van der Waals surface area contributed by atoms with Gasteiger partial charge in [0.05, 0.1) is 17.8 Å². The lowest BCUT2D eigenvalue weighted by Crippen LogP contribution is -2.37. The molecule has 1 unspecified atom stereocenters. The van der Waals surface area contributed by atoms with Crippen LogP contribution in [0.2, 0.25) is 0 Å². The first kappa shape index (κ1) is 14.3. The standard InChI is InChI=1S/C16H24N4O/c21-16(13-5-4-8-17-11-13)19-14-6-7-15(18-12-14)20-9-2-1-3-10-20/h6-7,12-13,17H,1-5,8-11H2,(H,19,21). The van der Waals surface area contributed by atoms with Crippen LogP contribution < -0.4 is 15.5 Å². The summed E-state index contributed by atoms with van der Waals surface area (Å²) in [4.78, 5) is 19.0. The average Bonchev–Trinajstić information content (AvgIpc) is 2.57. The summed E-state index contributed by atoms with van der Waals surface area (Å²) < 4.78 is 0. The molecule has 1 aromatic rings. The van der Waals surface area contributed by atoms with Crippen LogP contribution in [0.3, 0.4) is 0 Å². The third-order valence-corrected chi connectivity index (χ3v) is 4.36. The van der Waals surface area contributed by atoms with Crippen LogP contribution in [-0.4, -0.2) is 37.1 Å². The Bertz CT molecular complexity index is 462. The number of carbonyl (C=O) groups is 1. The van der Waals surface area contributed by atoms with Crippen molar-refractivity contribution in [3.8, 4) is 0 Å². The van der Waals surface area contributed by atoms with Crippen LogP contribution in [0.15, 0.2) is 18.3 Å². The van der Waals surface area contributed by atoms with Crippen molar-refractivity contribution in [2.45, 2.75) is 32.1 Å². The van der Waals surface area contributed by atoms with Crippen molar-refractivity contribution >= 4 is 17.4 Å². The summed E-state index contributed by atoms with van der Waals surface area (Å²) in [6.45, 7) is 3.99. The van der Waals surface area contributed by atoms with E-state index in [1.54, 1.807) is 6.20 Å². The van der Waals surface area contributed by atoms with Crippen molar-refractivity contribution in [1.82, 2.24) is 10.3 Å². The number of pyridine rings is 1. The van der Waals surface area contributed by atoms with Gasteiger partial charge in [0.2, 0.25) is 5.91 Å². The molecule has 0 saturated carbocycles. The summed E-state index contributed by atoms with van der Waals surface area (Å²) in [7, 11) is 0. The molecular formula is C16H24N4O. The summed E-state index contributed by atoms with van der Waals surface area (Å²) >= 11 is 0. The number of aromatic nitrogens is 1. The van der Waals surface area contributed by atoms with Gasteiger partial charge in [0.15, 0.2) is 0 Å². The summed E-state index contributed by atoms with van der Waals surface area (Å²) in [5.74, 6) is 1.21. The molecule has 2 N–H and O–H groups in total. The molecule has 0 spiro atoms. The second-order valence-corrected chi connectivity index (χ2v) is 5.99. The van der Waals surface area contributed by atoms with Crippen molar-refractivity contribution in [3.05, 3.63) is 18.3 Å². The monoisotopic (exact) mass is 288 g/mol. The molecule has 3 heterocycles. The van der Waals surface area contributed by atoms with E-state index in [0.717, 1.165) is 50.5 Å². The SMILES string of the molecule is O=C(Nc1ccc(N2CCCCC2)nc1)C1CCCNC1. The van der Waals surface area contributed by atoms with Crippen LogP contribution >= 0.6 is 0 Å². The maximum atomic E-state index is 12.2. The molecule has 2 aliphatic heterocycles. The maximum Gasteiger partial charge on any atom is 0.228 e. The van der Waals surface area contributed by atoms with Gasteiger partial charge in [-0.05, 0) is 50.8 Å². The molecule has 0 aromatic carbocycles. The van der Waals surface area contributed by atoms with E-state index in [9.17, 15) is 4.79 Å². The molecule has 1 atom stereocenters. The van der Waals surface area contributed by atoms with Gasteiger partial charge in [-0.1, -0.05) is 0 Å². The average molecular weight is 288 g/mol. The molecule has 2 fully saturated rings. The van der Waals surface area contributed by atoms with Gasteiger partial charge in [0, 0.05) is 19.6 Å². The van der Waals surface area contributed by atoms with E-state index >= 15 is 0 Å². The molecule has 21 heavy (non-hydrogen) atoms. The third-order valence-electron chi connectivity index (χ3n) is 4.36. The van der Waals surface area contributed by atoms with E-state index in [0.29, 0.717) is 0 Å². The van der Waals surface area contributed by atoms with Crippen LogP contribution in [0, 0.1) is 5.92 Å². The number of carbonyl (C=O) groups excluding carboxylic acids is 1. The van der Waals surface area contributed by atoms with E-state index in [2.05, 4.69) is 20.5 Å². The highest BCUT2D eigenvalue weighted by molar-refractivity contribution is 5.92. The third kappa shape index (κ3) is 3.73. The molecule has 1 amide bonds. The molecule has 2 saturated heterocycles. The number of amides is 1. The number of nitrogens with zero attached hydrogens (tertiary/aromatic N) is 2.